The topological polar surface area (TPSA) is 90.4 Å². The summed E-state index contributed by atoms with van der Waals surface area (Å²) in [5, 5.41) is 3.21. The lowest BCUT2D eigenvalue weighted by Crippen LogP contribution is -2.55. The molecular weight excluding hydrogens is 496 g/mol. The minimum Gasteiger partial charge on any atom is -0.378 e. The second-order valence-electron chi connectivity index (χ2n) is 10.7. The molecule has 1 aromatic carbocycles. The third kappa shape index (κ3) is 6.73. The molecule has 39 heavy (non-hydrogen) atoms. The van der Waals surface area contributed by atoms with Gasteiger partial charge in [0.15, 0.2) is 0 Å². The summed E-state index contributed by atoms with van der Waals surface area (Å²) >= 11 is 0. The SMILES string of the molecule is Cn1cccc1C(=O)N1CCN(C(=O)NC2CCN(c3ccc(CCC(=O)N4CCOCC4)cc3)CC2)CC1. The van der Waals surface area contributed by atoms with Crippen molar-refractivity contribution >= 4 is 23.5 Å². The molecule has 2 aromatic rings. The molecule has 4 amide bonds. The maximum atomic E-state index is 12.9. The zero-order chi connectivity index (χ0) is 27.2. The number of hydrogen-bond donors (Lipinski definition) is 1. The second kappa shape index (κ2) is 12.5. The van der Waals surface area contributed by atoms with E-state index >= 15 is 0 Å². The van der Waals surface area contributed by atoms with Gasteiger partial charge in [-0.1, -0.05) is 12.1 Å². The Morgan fingerprint density at radius 3 is 2.15 bits per heavy atom. The number of carbonyl (C=O) groups excluding carboxylic acids is 3. The van der Waals surface area contributed by atoms with Crippen LogP contribution in [0.5, 0.6) is 0 Å². The highest BCUT2D eigenvalue weighted by Gasteiger charge is 2.28. The molecule has 1 aromatic heterocycles. The van der Waals surface area contributed by atoms with Crippen LogP contribution in [-0.2, 0) is 23.0 Å². The van der Waals surface area contributed by atoms with Gasteiger partial charge in [-0.05, 0) is 49.1 Å². The molecule has 0 atom stereocenters. The van der Waals surface area contributed by atoms with Gasteiger partial charge in [0.1, 0.15) is 5.69 Å². The average molecular weight is 537 g/mol. The first-order valence-electron chi connectivity index (χ1n) is 14.1. The van der Waals surface area contributed by atoms with Crippen molar-refractivity contribution in [1.82, 2.24) is 24.6 Å². The van der Waals surface area contributed by atoms with E-state index in [1.54, 1.807) is 0 Å². The van der Waals surface area contributed by atoms with Crippen LogP contribution in [0.15, 0.2) is 42.6 Å². The van der Waals surface area contributed by atoms with Crippen molar-refractivity contribution in [2.75, 3.05) is 70.5 Å². The van der Waals surface area contributed by atoms with Crippen LogP contribution in [0.25, 0.3) is 0 Å². The Kier molecular flexibility index (Phi) is 8.71. The van der Waals surface area contributed by atoms with E-state index in [0.717, 1.165) is 32.4 Å². The molecule has 0 unspecified atom stereocenters. The van der Waals surface area contributed by atoms with Gasteiger partial charge in [0, 0.05) is 83.8 Å². The number of nitrogens with one attached hydrogen (secondary N) is 1. The summed E-state index contributed by atoms with van der Waals surface area (Å²) in [7, 11) is 1.87. The minimum absolute atomic E-state index is 0.0180. The van der Waals surface area contributed by atoms with Gasteiger partial charge in [-0.25, -0.2) is 4.79 Å². The van der Waals surface area contributed by atoms with Crippen LogP contribution < -0.4 is 10.2 Å². The van der Waals surface area contributed by atoms with Crippen molar-refractivity contribution in [1.29, 1.82) is 0 Å². The van der Waals surface area contributed by atoms with Crippen molar-refractivity contribution in [3.8, 4) is 0 Å². The molecule has 210 valence electrons. The molecule has 5 rings (SSSR count). The Bertz CT molecular complexity index is 1130. The van der Waals surface area contributed by atoms with Gasteiger partial charge in [0.25, 0.3) is 5.91 Å². The highest BCUT2D eigenvalue weighted by molar-refractivity contribution is 5.93. The number of anilines is 1. The lowest BCUT2D eigenvalue weighted by Gasteiger charge is -2.37. The van der Waals surface area contributed by atoms with Gasteiger partial charge in [-0.15, -0.1) is 0 Å². The van der Waals surface area contributed by atoms with Crippen molar-refractivity contribution in [3.05, 3.63) is 53.9 Å². The van der Waals surface area contributed by atoms with Crippen LogP contribution in [0.1, 0.15) is 35.3 Å². The predicted octanol–water partition coefficient (Wildman–Crippen LogP) is 1.95. The monoisotopic (exact) mass is 536 g/mol. The molecule has 0 spiro atoms. The first-order chi connectivity index (χ1) is 19.0. The predicted molar refractivity (Wildman–Crippen MR) is 149 cm³/mol. The maximum absolute atomic E-state index is 12.9. The molecule has 3 fully saturated rings. The molecule has 4 heterocycles. The molecule has 3 aliphatic rings. The minimum atomic E-state index is -0.0320. The van der Waals surface area contributed by atoms with Gasteiger partial charge < -0.3 is 34.2 Å². The smallest absolute Gasteiger partial charge is 0.317 e. The number of aromatic nitrogens is 1. The van der Waals surface area contributed by atoms with Crippen molar-refractivity contribution < 1.29 is 19.1 Å². The van der Waals surface area contributed by atoms with Crippen LogP contribution in [0.4, 0.5) is 10.5 Å². The molecule has 3 aliphatic heterocycles. The summed E-state index contributed by atoms with van der Waals surface area (Å²) in [6.07, 6.45) is 4.94. The van der Waals surface area contributed by atoms with Crippen LogP contribution in [0.2, 0.25) is 0 Å². The van der Waals surface area contributed by atoms with Gasteiger partial charge in [0.2, 0.25) is 5.91 Å². The maximum Gasteiger partial charge on any atom is 0.317 e. The number of ether oxygens (including phenoxy) is 1. The van der Waals surface area contributed by atoms with E-state index in [9.17, 15) is 14.4 Å². The fraction of sp³-hybridized carbons (Fsp3) is 0.552. The van der Waals surface area contributed by atoms with Gasteiger partial charge in [0.05, 0.1) is 13.2 Å². The molecule has 0 bridgehead atoms. The van der Waals surface area contributed by atoms with Crippen molar-refractivity contribution in [3.63, 3.8) is 0 Å². The number of piperidine rings is 1. The van der Waals surface area contributed by atoms with Crippen LogP contribution >= 0.6 is 0 Å². The van der Waals surface area contributed by atoms with E-state index in [1.807, 2.05) is 44.6 Å². The third-order valence-electron chi connectivity index (χ3n) is 8.13. The Labute approximate surface area is 230 Å². The summed E-state index contributed by atoms with van der Waals surface area (Å²) < 4.78 is 7.16. The van der Waals surface area contributed by atoms with E-state index in [2.05, 4.69) is 34.5 Å². The van der Waals surface area contributed by atoms with Crippen LogP contribution in [-0.4, -0.2) is 109 Å². The fourth-order valence-corrected chi connectivity index (χ4v) is 5.60. The van der Waals surface area contributed by atoms with Gasteiger partial charge in [-0.2, -0.15) is 0 Å². The molecule has 0 saturated carbocycles. The Hall–Kier alpha value is -3.53. The number of nitrogens with zero attached hydrogens (tertiary/aromatic N) is 5. The number of morpholine rings is 1. The lowest BCUT2D eigenvalue weighted by molar-refractivity contribution is -0.135. The third-order valence-corrected chi connectivity index (χ3v) is 8.13. The summed E-state index contributed by atoms with van der Waals surface area (Å²) in [6, 6.07) is 12.4. The molecule has 3 saturated heterocycles. The zero-order valence-corrected chi connectivity index (χ0v) is 22.9. The number of rotatable bonds is 6. The standard InChI is InChI=1S/C29H40N6O4/c1-31-12-2-3-26(31)28(37)34-15-17-35(18-16-34)29(38)30-24-10-13-32(14-11-24)25-7-4-23(5-8-25)6-9-27(36)33-19-21-39-22-20-33/h2-5,7-8,12,24H,6,9-11,13-22H2,1H3,(H,30,38). The summed E-state index contributed by atoms with van der Waals surface area (Å²) in [6.45, 7) is 6.62. The number of benzene rings is 1. The Morgan fingerprint density at radius 1 is 0.846 bits per heavy atom. The largest absolute Gasteiger partial charge is 0.378 e. The van der Waals surface area contributed by atoms with Crippen molar-refractivity contribution in [2.45, 2.75) is 31.7 Å². The molecule has 10 nitrogen and oxygen atoms in total. The molecule has 0 aliphatic carbocycles. The first-order valence-corrected chi connectivity index (χ1v) is 14.1. The lowest BCUT2D eigenvalue weighted by atomic mass is 10.0. The second-order valence-corrected chi connectivity index (χ2v) is 10.7. The summed E-state index contributed by atoms with van der Waals surface area (Å²) in [5.41, 5.74) is 3.03. The number of aryl methyl sites for hydroxylation is 2. The normalized spacial score (nSPS) is 18.8. The Balaban J connectivity index is 1.01. The highest BCUT2D eigenvalue weighted by atomic mass is 16.5. The van der Waals surface area contributed by atoms with Gasteiger partial charge in [-0.3, -0.25) is 9.59 Å². The van der Waals surface area contributed by atoms with Crippen LogP contribution in [0.3, 0.4) is 0 Å². The van der Waals surface area contributed by atoms with E-state index in [1.165, 1.54) is 11.3 Å². The van der Waals surface area contributed by atoms with E-state index in [0.29, 0.717) is 64.6 Å². The number of piperazine rings is 1. The molecule has 1 N–H and O–H groups in total. The van der Waals surface area contributed by atoms with Gasteiger partial charge >= 0.3 is 6.03 Å². The fourth-order valence-electron chi connectivity index (χ4n) is 5.60. The van der Waals surface area contributed by atoms with E-state index in [-0.39, 0.29) is 23.9 Å². The average Bonchev–Trinajstić information content (AvgIpc) is 3.42. The van der Waals surface area contributed by atoms with Crippen molar-refractivity contribution in [2.24, 2.45) is 7.05 Å². The summed E-state index contributed by atoms with van der Waals surface area (Å²) in [5.74, 6) is 0.221. The first kappa shape index (κ1) is 27.1. The highest BCUT2D eigenvalue weighted by Crippen LogP contribution is 2.22. The number of amides is 4. The summed E-state index contributed by atoms with van der Waals surface area (Å²) in [4.78, 5) is 45.9. The van der Waals surface area contributed by atoms with E-state index in [4.69, 9.17) is 4.74 Å². The molecular formula is C29H40N6O4. The van der Waals surface area contributed by atoms with Crippen LogP contribution in [0, 0.1) is 0 Å². The Morgan fingerprint density at radius 2 is 1.51 bits per heavy atom. The number of carbonyl (C=O) groups is 3. The van der Waals surface area contributed by atoms with E-state index < -0.39 is 0 Å². The molecule has 0 radical (unpaired) electrons. The number of hydrogen-bond acceptors (Lipinski definition) is 5. The molecule has 10 heteroatoms. The number of urea groups is 1. The quantitative estimate of drug-likeness (QED) is 0.610. The zero-order valence-electron chi connectivity index (χ0n) is 22.9.